The Hall–Kier alpha value is -2.09. The minimum atomic E-state index is 0.0230. The number of fused-ring (bicyclic) bond motifs is 2. The molecule has 0 radical (unpaired) electrons. The van der Waals surface area contributed by atoms with Crippen LogP contribution in [-0.4, -0.2) is 5.78 Å². The molecule has 16 heavy (non-hydrogen) atoms. The summed E-state index contributed by atoms with van der Waals surface area (Å²) in [4.78, 5) is 12.2. The van der Waals surface area contributed by atoms with Gasteiger partial charge in [0.1, 0.15) is 11.5 Å². The Balaban J connectivity index is 2.34. The quantitative estimate of drug-likeness (QED) is 0.570. The first-order chi connectivity index (χ1) is 7.68. The highest BCUT2D eigenvalue weighted by Gasteiger charge is 2.28. The number of carbonyl (C=O) groups excluding carboxylic acids is 1. The molecule has 2 heteroatoms. The van der Waals surface area contributed by atoms with Gasteiger partial charge in [0, 0.05) is 11.1 Å². The molecule has 0 saturated carbocycles. The summed E-state index contributed by atoms with van der Waals surface area (Å²) in [5.41, 5.74) is 3.00. The van der Waals surface area contributed by atoms with Gasteiger partial charge < -0.3 is 4.42 Å². The van der Waals surface area contributed by atoms with Crippen molar-refractivity contribution in [3.8, 4) is 0 Å². The van der Waals surface area contributed by atoms with Crippen LogP contribution in [0.3, 0.4) is 0 Å². The van der Waals surface area contributed by atoms with Crippen LogP contribution in [0.25, 0.3) is 5.57 Å². The maximum Gasteiger partial charge on any atom is 0.197 e. The van der Waals surface area contributed by atoms with Gasteiger partial charge in [-0.1, -0.05) is 30.8 Å². The van der Waals surface area contributed by atoms with E-state index in [2.05, 4.69) is 6.58 Å². The van der Waals surface area contributed by atoms with E-state index >= 15 is 0 Å². The van der Waals surface area contributed by atoms with E-state index in [1.54, 1.807) is 6.07 Å². The zero-order chi connectivity index (χ0) is 11.3. The third-order valence-corrected chi connectivity index (χ3v) is 2.87. The van der Waals surface area contributed by atoms with Crippen LogP contribution in [0.5, 0.6) is 0 Å². The summed E-state index contributed by atoms with van der Waals surface area (Å²) in [6.45, 7) is 5.84. The summed E-state index contributed by atoms with van der Waals surface area (Å²) in [6.07, 6.45) is 0. The Kier molecular flexibility index (Phi) is 1.69. The van der Waals surface area contributed by atoms with E-state index in [-0.39, 0.29) is 5.78 Å². The normalized spacial score (nSPS) is 13.6. The Morgan fingerprint density at radius 3 is 2.56 bits per heavy atom. The molecule has 2 nitrogen and oxygen atoms in total. The topological polar surface area (TPSA) is 30.2 Å². The van der Waals surface area contributed by atoms with Gasteiger partial charge in [-0.05, 0) is 18.6 Å². The predicted molar refractivity (Wildman–Crippen MR) is 61.5 cm³/mol. The van der Waals surface area contributed by atoms with Crippen LogP contribution in [0, 0.1) is 6.92 Å². The van der Waals surface area contributed by atoms with Crippen LogP contribution in [-0.2, 0) is 0 Å². The van der Waals surface area contributed by atoms with Crippen LogP contribution in [0.4, 0.5) is 0 Å². The Morgan fingerprint density at radius 1 is 1.12 bits per heavy atom. The van der Waals surface area contributed by atoms with Crippen molar-refractivity contribution in [2.24, 2.45) is 0 Å². The second kappa shape index (κ2) is 2.95. The van der Waals surface area contributed by atoms with Gasteiger partial charge in [0.2, 0.25) is 0 Å². The largest absolute Gasteiger partial charge is 0.461 e. The smallest absolute Gasteiger partial charge is 0.197 e. The number of furan rings is 1. The predicted octanol–water partition coefficient (Wildman–Crippen LogP) is 3.19. The van der Waals surface area contributed by atoms with E-state index in [0.717, 1.165) is 16.9 Å². The average molecular weight is 210 g/mol. The third-order valence-electron chi connectivity index (χ3n) is 2.87. The first-order valence-electron chi connectivity index (χ1n) is 5.12. The molecule has 0 atom stereocenters. The number of hydrogen-bond donors (Lipinski definition) is 0. The molecule has 2 aromatic rings. The Labute approximate surface area is 93.2 Å². The number of aryl methyl sites for hydroxylation is 1. The van der Waals surface area contributed by atoms with E-state index in [0.29, 0.717) is 16.9 Å². The Morgan fingerprint density at radius 2 is 1.81 bits per heavy atom. The van der Waals surface area contributed by atoms with Crippen molar-refractivity contribution >= 4 is 11.4 Å². The maximum absolute atomic E-state index is 12.2. The number of rotatable bonds is 0. The van der Waals surface area contributed by atoms with Gasteiger partial charge in [0.05, 0.1) is 5.56 Å². The molecule has 1 aromatic carbocycles. The van der Waals surface area contributed by atoms with Crippen molar-refractivity contribution in [3.63, 3.8) is 0 Å². The van der Waals surface area contributed by atoms with E-state index in [4.69, 9.17) is 4.42 Å². The van der Waals surface area contributed by atoms with Gasteiger partial charge in [0.25, 0.3) is 0 Å². The molecule has 0 bridgehead atoms. The monoisotopic (exact) mass is 210 g/mol. The zero-order valence-corrected chi connectivity index (χ0v) is 8.91. The van der Waals surface area contributed by atoms with Gasteiger partial charge in [-0.25, -0.2) is 0 Å². The minimum absolute atomic E-state index is 0.0230. The molecule has 1 aliphatic rings. The zero-order valence-electron chi connectivity index (χ0n) is 8.91. The second-order valence-electron chi connectivity index (χ2n) is 3.95. The lowest BCUT2D eigenvalue weighted by atomic mass is 9.86. The fraction of sp³-hybridized carbons (Fsp3) is 0.0714. The average Bonchev–Trinajstić information content (AvgIpc) is 2.68. The number of benzene rings is 1. The molecule has 3 rings (SSSR count). The third kappa shape index (κ3) is 1.04. The highest BCUT2D eigenvalue weighted by molar-refractivity contribution is 6.17. The summed E-state index contributed by atoms with van der Waals surface area (Å²) in [5, 5.41) is 0. The lowest BCUT2D eigenvalue weighted by Gasteiger charge is -2.15. The van der Waals surface area contributed by atoms with E-state index in [1.165, 1.54) is 0 Å². The molecule has 78 valence electrons. The second-order valence-corrected chi connectivity index (χ2v) is 3.95. The molecule has 1 aliphatic carbocycles. The summed E-state index contributed by atoms with van der Waals surface area (Å²) < 4.78 is 5.53. The van der Waals surface area contributed by atoms with E-state index < -0.39 is 0 Å². The number of ketones is 1. The van der Waals surface area contributed by atoms with Crippen molar-refractivity contribution in [1.82, 2.24) is 0 Å². The van der Waals surface area contributed by atoms with Crippen LogP contribution in [0.15, 0.2) is 41.3 Å². The highest BCUT2D eigenvalue weighted by atomic mass is 16.3. The van der Waals surface area contributed by atoms with Crippen molar-refractivity contribution in [3.05, 3.63) is 65.1 Å². The molecule has 0 aliphatic heterocycles. The van der Waals surface area contributed by atoms with Gasteiger partial charge in [-0.3, -0.25) is 4.79 Å². The lowest BCUT2D eigenvalue weighted by molar-refractivity contribution is 0.103. The lowest BCUT2D eigenvalue weighted by Crippen LogP contribution is -2.11. The van der Waals surface area contributed by atoms with Crippen molar-refractivity contribution in [2.45, 2.75) is 6.92 Å². The number of hydrogen-bond acceptors (Lipinski definition) is 2. The van der Waals surface area contributed by atoms with Crippen molar-refractivity contribution < 1.29 is 9.21 Å². The molecule has 1 aromatic heterocycles. The molecular formula is C14H10O2. The van der Waals surface area contributed by atoms with Crippen LogP contribution in [0.2, 0.25) is 0 Å². The van der Waals surface area contributed by atoms with E-state index in [9.17, 15) is 4.79 Å². The SMILES string of the molecule is C=C1c2ccccc2C(=O)c2cc(C)oc21. The van der Waals surface area contributed by atoms with Crippen LogP contribution < -0.4 is 0 Å². The maximum atomic E-state index is 12.2. The summed E-state index contributed by atoms with van der Waals surface area (Å²) >= 11 is 0. The van der Waals surface area contributed by atoms with Crippen molar-refractivity contribution in [1.29, 1.82) is 0 Å². The molecule has 0 fully saturated rings. The van der Waals surface area contributed by atoms with Gasteiger partial charge >= 0.3 is 0 Å². The van der Waals surface area contributed by atoms with Crippen LogP contribution in [0.1, 0.15) is 33.0 Å². The van der Waals surface area contributed by atoms with Crippen molar-refractivity contribution in [2.75, 3.05) is 0 Å². The molecule has 1 heterocycles. The molecule has 0 unspecified atom stereocenters. The Bertz CT molecular complexity index is 565. The van der Waals surface area contributed by atoms with E-state index in [1.807, 2.05) is 31.2 Å². The first kappa shape index (κ1) is 9.16. The van der Waals surface area contributed by atoms with Gasteiger partial charge in [-0.15, -0.1) is 0 Å². The summed E-state index contributed by atoms with van der Waals surface area (Å²) in [6, 6.07) is 9.27. The van der Waals surface area contributed by atoms with Crippen LogP contribution >= 0.6 is 0 Å². The minimum Gasteiger partial charge on any atom is -0.461 e. The molecule has 0 N–H and O–H groups in total. The molecule has 0 amide bonds. The molecular weight excluding hydrogens is 200 g/mol. The molecule has 0 saturated heterocycles. The highest BCUT2D eigenvalue weighted by Crippen LogP contribution is 2.36. The van der Waals surface area contributed by atoms with Gasteiger partial charge in [0.15, 0.2) is 5.78 Å². The summed E-state index contributed by atoms with van der Waals surface area (Å²) in [5.74, 6) is 1.38. The van der Waals surface area contributed by atoms with Gasteiger partial charge in [-0.2, -0.15) is 0 Å². The first-order valence-corrected chi connectivity index (χ1v) is 5.12. The fourth-order valence-electron chi connectivity index (χ4n) is 2.12. The fourth-order valence-corrected chi connectivity index (χ4v) is 2.12. The number of carbonyl (C=O) groups is 1. The standard InChI is InChI=1S/C14H10O2/c1-8-7-12-13(15)11-6-4-3-5-10(11)9(2)14(12)16-8/h3-7H,2H2,1H3. The molecule has 0 spiro atoms. The summed E-state index contributed by atoms with van der Waals surface area (Å²) in [7, 11) is 0.